The molecule has 0 saturated carbocycles. The Morgan fingerprint density at radius 2 is 1.75 bits per heavy atom. The molecule has 2 aliphatic rings. The molecule has 0 N–H and O–H groups in total. The maximum absolute atomic E-state index is 6.23. The van der Waals surface area contributed by atoms with Gasteiger partial charge < -0.3 is 14.4 Å². The van der Waals surface area contributed by atoms with Crippen LogP contribution in [-0.4, -0.2) is 67.4 Å². The Balaban J connectivity index is 1.47. The Morgan fingerprint density at radius 1 is 1.08 bits per heavy atom. The van der Waals surface area contributed by atoms with E-state index >= 15 is 0 Å². The van der Waals surface area contributed by atoms with E-state index in [2.05, 4.69) is 54.8 Å². The van der Waals surface area contributed by atoms with Crippen molar-refractivity contribution in [2.24, 2.45) is 0 Å². The molecule has 0 amide bonds. The lowest BCUT2D eigenvalue weighted by molar-refractivity contribution is -0.0270. The molecule has 0 bridgehead atoms. The van der Waals surface area contributed by atoms with Gasteiger partial charge >= 0.3 is 0 Å². The third kappa shape index (κ3) is 4.50. The molecule has 1 aromatic rings. The number of para-hydroxylation sites is 1. The second kappa shape index (κ2) is 7.85. The smallest absolute Gasteiger partial charge is 0.122 e. The van der Waals surface area contributed by atoms with E-state index in [0.717, 1.165) is 64.5 Å². The van der Waals surface area contributed by atoms with E-state index in [4.69, 9.17) is 9.47 Å². The number of hydrogen-bond donors (Lipinski definition) is 0. The molecule has 134 valence electrons. The van der Waals surface area contributed by atoms with Gasteiger partial charge in [-0.3, -0.25) is 4.90 Å². The largest absolute Gasteiger partial charge is 0.490 e. The first-order valence-electron chi connectivity index (χ1n) is 9.32. The summed E-state index contributed by atoms with van der Waals surface area (Å²) in [5.74, 6) is 1.05. The van der Waals surface area contributed by atoms with E-state index in [1.807, 2.05) is 0 Å². The lowest BCUT2D eigenvalue weighted by Gasteiger charge is -2.45. The molecule has 0 aliphatic carbocycles. The molecule has 2 aliphatic heterocycles. The summed E-state index contributed by atoms with van der Waals surface area (Å²) in [6.45, 7) is 14.1. The van der Waals surface area contributed by atoms with Crippen molar-refractivity contribution in [2.45, 2.75) is 45.3 Å². The van der Waals surface area contributed by atoms with Gasteiger partial charge in [0, 0.05) is 38.3 Å². The van der Waals surface area contributed by atoms with Crippen LogP contribution < -0.4 is 4.74 Å². The summed E-state index contributed by atoms with van der Waals surface area (Å²) in [5.41, 5.74) is 1.45. The van der Waals surface area contributed by atoms with Crippen molar-refractivity contribution in [3.05, 3.63) is 29.8 Å². The van der Waals surface area contributed by atoms with Gasteiger partial charge in [0.15, 0.2) is 0 Å². The van der Waals surface area contributed by atoms with Gasteiger partial charge in [0.1, 0.15) is 11.9 Å². The van der Waals surface area contributed by atoms with Gasteiger partial charge in [0.2, 0.25) is 0 Å². The van der Waals surface area contributed by atoms with Gasteiger partial charge in [-0.2, -0.15) is 0 Å². The molecule has 2 heterocycles. The summed E-state index contributed by atoms with van der Waals surface area (Å²) < 4.78 is 11.7. The first-order valence-corrected chi connectivity index (χ1v) is 9.32. The zero-order valence-corrected chi connectivity index (χ0v) is 15.5. The number of nitrogens with zero attached hydrogens (tertiary/aromatic N) is 2. The van der Waals surface area contributed by atoms with Crippen molar-refractivity contribution in [3.8, 4) is 5.75 Å². The van der Waals surface area contributed by atoms with Crippen LogP contribution in [0.5, 0.6) is 5.75 Å². The molecule has 0 unspecified atom stereocenters. The number of morpholine rings is 1. The zero-order valence-electron chi connectivity index (χ0n) is 15.5. The lowest BCUT2D eigenvalue weighted by Crippen LogP contribution is -2.56. The minimum atomic E-state index is 0.216. The van der Waals surface area contributed by atoms with Crippen molar-refractivity contribution in [1.29, 1.82) is 0 Å². The van der Waals surface area contributed by atoms with E-state index in [1.54, 1.807) is 0 Å². The van der Waals surface area contributed by atoms with Gasteiger partial charge in [-0.25, -0.2) is 0 Å². The molecule has 0 radical (unpaired) electrons. The summed E-state index contributed by atoms with van der Waals surface area (Å²) >= 11 is 0. The van der Waals surface area contributed by atoms with E-state index in [-0.39, 0.29) is 5.54 Å². The molecule has 2 saturated heterocycles. The number of aryl methyl sites for hydroxylation is 1. The van der Waals surface area contributed by atoms with Crippen LogP contribution in [0.2, 0.25) is 0 Å². The first kappa shape index (κ1) is 17.7. The number of ether oxygens (including phenoxy) is 2. The Bertz CT molecular complexity index is 518. The van der Waals surface area contributed by atoms with E-state index in [0.29, 0.717) is 6.10 Å². The highest BCUT2D eigenvalue weighted by Gasteiger charge is 2.32. The maximum Gasteiger partial charge on any atom is 0.122 e. The molecule has 1 aromatic carbocycles. The summed E-state index contributed by atoms with van der Waals surface area (Å²) in [6, 6.07) is 8.33. The molecule has 0 spiro atoms. The standard InChI is InChI=1S/C20H32N2O2/c1-17-6-4-5-7-19(17)24-18-8-10-21(11-9-18)16-20(2,3)22-12-14-23-15-13-22/h4-7,18H,8-16H2,1-3H3. The maximum atomic E-state index is 6.23. The quantitative estimate of drug-likeness (QED) is 0.828. The molecule has 4 heteroatoms. The van der Waals surface area contributed by atoms with Crippen molar-refractivity contribution in [1.82, 2.24) is 9.80 Å². The molecule has 4 nitrogen and oxygen atoms in total. The topological polar surface area (TPSA) is 24.9 Å². The minimum Gasteiger partial charge on any atom is -0.490 e. The molecule has 0 aromatic heterocycles. The lowest BCUT2D eigenvalue weighted by atomic mass is 9.98. The van der Waals surface area contributed by atoms with E-state index in [1.165, 1.54) is 5.56 Å². The monoisotopic (exact) mass is 332 g/mol. The predicted molar refractivity (Wildman–Crippen MR) is 97.7 cm³/mol. The average molecular weight is 332 g/mol. The number of piperidine rings is 1. The Kier molecular flexibility index (Phi) is 5.80. The van der Waals surface area contributed by atoms with E-state index in [9.17, 15) is 0 Å². The Labute approximate surface area is 146 Å². The SMILES string of the molecule is Cc1ccccc1OC1CCN(CC(C)(C)N2CCOCC2)CC1. The van der Waals surface area contributed by atoms with Crippen LogP contribution in [0.1, 0.15) is 32.3 Å². The number of likely N-dealkylation sites (tertiary alicyclic amines) is 1. The van der Waals surface area contributed by atoms with Crippen molar-refractivity contribution in [3.63, 3.8) is 0 Å². The summed E-state index contributed by atoms with van der Waals surface area (Å²) in [7, 11) is 0. The van der Waals surface area contributed by atoms with Crippen molar-refractivity contribution < 1.29 is 9.47 Å². The van der Waals surface area contributed by atoms with Crippen LogP contribution in [0, 0.1) is 6.92 Å². The normalized spacial score (nSPS) is 21.8. The highest BCUT2D eigenvalue weighted by Crippen LogP contribution is 2.24. The van der Waals surface area contributed by atoms with Crippen LogP contribution in [0.4, 0.5) is 0 Å². The molecule has 3 rings (SSSR count). The Hall–Kier alpha value is -1.10. The molecule has 2 fully saturated rings. The number of rotatable bonds is 5. The minimum absolute atomic E-state index is 0.216. The molecule has 24 heavy (non-hydrogen) atoms. The van der Waals surface area contributed by atoms with Gasteiger partial charge in [0.25, 0.3) is 0 Å². The average Bonchev–Trinajstić information content (AvgIpc) is 2.59. The number of benzene rings is 1. The second-order valence-electron chi connectivity index (χ2n) is 7.77. The third-order valence-corrected chi connectivity index (χ3v) is 5.40. The molecule has 0 atom stereocenters. The van der Waals surface area contributed by atoms with Gasteiger partial charge in [-0.1, -0.05) is 18.2 Å². The summed E-state index contributed by atoms with van der Waals surface area (Å²) in [4.78, 5) is 5.18. The van der Waals surface area contributed by atoms with Crippen LogP contribution in [-0.2, 0) is 4.74 Å². The zero-order chi connectivity index (χ0) is 17.0. The fourth-order valence-electron chi connectivity index (χ4n) is 3.87. The Morgan fingerprint density at radius 3 is 2.42 bits per heavy atom. The van der Waals surface area contributed by atoms with Crippen molar-refractivity contribution >= 4 is 0 Å². The third-order valence-electron chi connectivity index (χ3n) is 5.40. The predicted octanol–water partition coefficient (Wildman–Crippen LogP) is 2.95. The fourth-order valence-corrected chi connectivity index (χ4v) is 3.87. The first-order chi connectivity index (χ1) is 11.5. The highest BCUT2D eigenvalue weighted by molar-refractivity contribution is 5.31. The molecular weight excluding hydrogens is 300 g/mol. The number of hydrogen-bond acceptors (Lipinski definition) is 4. The van der Waals surface area contributed by atoms with E-state index < -0.39 is 0 Å². The fraction of sp³-hybridized carbons (Fsp3) is 0.700. The second-order valence-corrected chi connectivity index (χ2v) is 7.77. The molecular formula is C20H32N2O2. The van der Waals surface area contributed by atoms with Crippen LogP contribution in [0.3, 0.4) is 0 Å². The summed E-state index contributed by atoms with van der Waals surface area (Å²) in [6.07, 6.45) is 2.59. The highest BCUT2D eigenvalue weighted by atomic mass is 16.5. The van der Waals surface area contributed by atoms with Crippen LogP contribution >= 0.6 is 0 Å². The van der Waals surface area contributed by atoms with Gasteiger partial charge in [-0.05, 0) is 45.2 Å². The van der Waals surface area contributed by atoms with Crippen molar-refractivity contribution in [2.75, 3.05) is 45.9 Å². The van der Waals surface area contributed by atoms with Gasteiger partial charge in [-0.15, -0.1) is 0 Å². The van der Waals surface area contributed by atoms with Crippen LogP contribution in [0.15, 0.2) is 24.3 Å². The summed E-state index contributed by atoms with van der Waals surface area (Å²) in [5, 5.41) is 0. The van der Waals surface area contributed by atoms with Crippen LogP contribution in [0.25, 0.3) is 0 Å². The van der Waals surface area contributed by atoms with Gasteiger partial charge in [0.05, 0.1) is 13.2 Å².